The van der Waals surface area contributed by atoms with Crippen molar-refractivity contribution in [2.45, 2.75) is 5.16 Å². The van der Waals surface area contributed by atoms with E-state index < -0.39 is 0 Å². The largest absolute Gasteiger partial charge is 0.455 e. The molecule has 0 atom stereocenters. The topological polar surface area (TPSA) is 56.2 Å². The second-order valence-electron chi connectivity index (χ2n) is 6.22. The zero-order valence-electron chi connectivity index (χ0n) is 14.6. The molecular weight excluding hydrogens is 495 g/mol. The van der Waals surface area contributed by atoms with Gasteiger partial charge in [0.15, 0.2) is 11.6 Å². The molecule has 144 valence electrons. The van der Waals surface area contributed by atoms with Crippen molar-refractivity contribution in [3.05, 3.63) is 74.9 Å². The van der Waals surface area contributed by atoms with Crippen LogP contribution in [0.15, 0.2) is 73.7 Å². The fourth-order valence-electron chi connectivity index (χ4n) is 2.99. The van der Waals surface area contributed by atoms with Gasteiger partial charge in [-0.05, 0) is 42.5 Å². The van der Waals surface area contributed by atoms with E-state index in [1.807, 2.05) is 42.5 Å². The highest BCUT2D eigenvalue weighted by molar-refractivity contribution is 9.10. The van der Waals surface area contributed by atoms with Crippen molar-refractivity contribution in [3.8, 4) is 22.7 Å². The van der Waals surface area contributed by atoms with Gasteiger partial charge in [-0.1, -0.05) is 63.0 Å². The summed E-state index contributed by atoms with van der Waals surface area (Å²) in [5, 5.41) is 15.2. The molecule has 0 fully saturated rings. The minimum Gasteiger partial charge on any atom is -0.455 e. The second kappa shape index (κ2) is 7.65. The van der Waals surface area contributed by atoms with Gasteiger partial charge in [-0.2, -0.15) is 9.78 Å². The normalized spacial score (nSPS) is 13.3. The van der Waals surface area contributed by atoms with Crippen molar-refractivity contribution in [1.82, 2.24) is 14.9 Å². The average molecular weight is 506 g/mol. The molecule has 0 N–H and O–H groups in total. The second-order valence-corrected chi connectivity index (χ2v) is 8.86. The standard InChI is InChI=1S/C20H11BrCl2N4OS/c21-14-4-2-1-3-12(14)19-24-25-20-27(19)26-16(10-29-20)18-8-7-17(28-18)13-6-5-11(22)9-15(13)23/h1-9H,10H2. The molecule has 3 heterocycles. The van der Waals surface area contributed by atoms with E-state index in [4.69, 9.17) is 32.7 Å². The van der Waals surface area contributed by atoms with Crippen molar-refractivity contribution >= 4 is 56.6 Å². The van der Waals surface area contributed by atoms with Crippen molar-refractivity contribution in [2.24, 2.45) is 5.10 Å². The van der Waals surface area contributed by atoms with Crippen LogP contribution in [0.4, 0.5) is 0 Å². The number of furan rings is 1. The first-order chi connectivity index (χ1) is 14.1. The lowest BCUT2D eigenvalue weighted by molar-refractivity contribution is 0.570. The SMILES string of the molecule is Clc1ccc(-c2ccc(C3=Nn4c(nnc4-c4ccccc4Br)SC3)o2)c(Cl)c1. The summed E-state index contributed by atoms with van der Waals surface area (Å²) in [5.41, 5.74) is 2.50. The molecule has 0 unspecified atom stereocenters. The maximum atomic E-state index is 6.31. The molecule has 0 saturated carbocycles. The third kappa shape index (κ3) is 3.53. The summed E-state index contributed by atoms with van der Waals surface area (Å²) in [7, 11) is 0. The highest BCUT2D eigenvalue weighted by Gasteiger charge is 2.23. The highest BCUT2D eigenvalue weighted by atomic mass is 79.9. The van der Waals surface area contributed by atoms with E-state index >= 15 is 0 Å². The zero-order valence-corrected chi connectivity index (χ0v) is 18.6. The van der Waals surface area contributed by atoms with Crippen LogP contribution in [0, 0.1) is 0 Å². The molecule has 0 aliphatic carbocycles. The minimum absolute atomic E-state index is 0.538. The molecule has 2 aromatic heterocycles. The van der Waals surface area contributed by atoms with Crippen LogP contribution in [0.25, 0.3) is 22.7 Å². The van der Waals surface area contributed by atoms with E-state index in [0.29, 0.717) is 33.1 Å². The van der Waals surface area contributed by atoms with Gasteiger partial charge >= 0.3 is 0 Å². The van der Waals surface area contributed by atoms with Crippen molar-refractivity contribution in [2.75, 3.05) is 5.75 Å². The summed E-state index contributed by atoms with van der Waals surface area (Å²) in [6.45, 7) is 0. The molecule has 0 spiro atoms. The van der Waals surface area contributed by atoms with E-state index in [1.54, 1.807) is 28.6 Å². The lowest BCUT2D eigenvalue weighted by Gasteiger charge is -2.12. The van der Waals surface area contributed by atoms with Gasteiger partial charge in [-0.3, -0.25) is 0 Å². The number of halogens is 3. The van der Waals surface area contributed by atoms with Crippen LogP contribution in [0.2, 0.25) is 10.0 Å². The zero-order chi connectivity index (χ0) is 20.0. The summed E-state index contributed by atoms with van der Waals surface area (Å²) in [4.78, 5) is 0. The van der Waals surface area contributed by atoms with Gasteiger partial charge in [-0.15, -0.1) is 10.2 Å². The number of rotatable bonds is 3. The number of hydrogen-bond donors (Lipinski definition) is 0. The molecular formula is C20H11BrCl2N4OS. The number of benzene rings is 2. The van der Waals surface area contributed by atoms with Crippen LogP contribution in [-0.4, -0.2) is 26.3 Å². The Morgan fingerprint density at radius 3 is 2.62 bits per heavy atom. The molecule has 5 rings (SSSR count). The van der Waals surface area contributed by atoms with Crippen LogP contribution in [0.3, 0.4) is 0 Å². The Morgan fingerprint density at radius 1 is 0.966 bits per heavy atom. The molecule has 1 aliphatic rings. The molecule has 4 aromatic rings. The molecule has 9 heteroatoms. The maximum absolute atomic E-state index is 6.31. The van der Waals surface area contributed by atoms with Crippen LogP contribution < -0.4 is 0 Å². The third-order valence-electron chi connectivity index (χ3n) is 4.37. The maximum Gasteiger partial charge on any atom is 0.212 e. The van der Waals surface area contributed by atoms with Crippen molar-refractivity contribution in [3.63, 3.8) is 0 Å². The Morgan fingerprint density at radius 2 is 1.79 bits per heavy atom. The molecule has 5 nitrogen and oxygen atoms in total. The quantitative estimate of drug-likeness (QED) is 0.313. The Bertz CT molecular complexity index is 1270. The number of fused-ring (bicyclic) bond motifs is 1. The van der Waals surface area contributed by atoms with E-state index in [0.717, 1.165) is 26.5 Å². The molecule has 0 bridgehead atoms. The smallest absolute Gasteiger partial charge is 0.212 e. The number of thioether (sulfide) groups is 1. The van der Waals surface area contributed by atoms with Crippen LogP contribution in [0.1, 0.15) is 5.76 Å². The molecule has 0 amide bonds. The van der Waals surface area contributed by atoms with Crippen molar-refractivity contribution < 1.29 is 4.42 Å². The Labute approximate surface area is 188 Å². The first-order valence-electron chi connectivity index (χ1n) is 8.57. The van der Waals surface area contributed by atoms with Gasteiger partial charge < -0.3 is 4.42 Å². The third-order valence-corrected chi connectivity index (χ3v) is 6.54. The summed E-state index contributed by atoms with van der Waals surface area (Å²) in [6.07, 6.45) is 0. The summed E-state index contributed by atoms with van der Waals surface area (Å²) in [6, 6.07) is 17.0. The Kier molecular flexibility index (Phi) is 4.99. The summed E-state index contributed by atoms with van der Waals surface area (Å²) >= 11 is 17.4. The molecule has 1 aliphatic heterocycles. The monoisotopic (exact) mass is 504 g/mol. The predicted octanol–water partition coefficient (Wildman–Crippen LogP) is 6.63. The lowest BCUT2D eigenvalue weighted by Crippen LogP contribution is -2.13. The fourth-order valence-corrected chi connectivity index (χ4v) is 4.76. The van der Waals surface area contributed by atoms with Gasteiger partial charge in [-0.25, -0.2) is 0 Å². The number of hydrogen-bond acceptors (Lipinski definition) is 5. The molecule has 2 aromatic carbocycles. The minimum atomic E-state index is 0.538. The van der Waals surface area contributed by atoms with E-state index in [2.05, 4.69) is 26.1 Å². The van der Waals surface area contributed by atoms with Gasteiger partial charge in [0.1, 0.15) is 11.5 Å². The predicted molar refractivity (Wildman–Crippen MR) is 120 cm³/mol. The molecule has 0 saturated heterocycles. The first kappa shape index (κ1) is 18.9. The van der Waals surface area contributed by atoms with Gasteiger partial charge in [0, 0.05) is 26.4 Å². The van der Waals surface area contributed by atoms with Gasteiger partial charge in [0.2, 0.25) is 5.16 Å². The summed E-state index contributed by atoms with van der Waals surface area (Å²) in [5.74, 6) is 2.64. The van der Waals surface area contributed by atoms with E-state index in [1.165, 1.54) is 0 Å². The van der Waals surface area contributed by atoms with E-state index in [9.17, 15) is 0 Å². The summed E-state index contributed by atoms with van der Waals surface area (Å²) < 4.78 is 8.74. The van der Waals surface area contributed by atoms with Crippen LogP contribution in [0.5, 0.6) is 0 Å². The Hall–Kier alpha value is -2.06. The van der Waals surface area contributed by atoms with Crippen LogP contribution >= 0.6 is 50.9 Å². The fraction of sp³-hybridized carbons (Fsp3) is 0.0500. The van der Waals surface area contributed by atoms with Crippen molar-refractivity contribution in [1.29, 1.82) is 0 Å². The van der Waals surface area contributed by atoms with E-state index in [-0.39, 0.29) is 0 Å². The Balaban J connectivity index is 1.54. The lowest BCUT2D eigenvalue weighted by atomic mass is 10.2. The number of aromatic nitrogens is 3. The molecule has 0 radical (unpaired) electrons. The van der Waals surface area contributed by atoms with Gasteiger partial charge in [0.25, 0.3) is 0 Å². The number of nitrogens with zero attached hydrogens (tertiary/aromatic N) is 4. The van der Waals surface area contributed by atoms with Crippen LogP contribution in [-0.2, 0) is 0 Å². The average Bonchev–Trinajstić information content (AvgIpc) is 3.35. The molecule has 29 heavy (non-hydrogen) atoms. The van der Waals surface area contributed by atoms with Gasteiger partial charge in [0.05, 0.1) is 5.02 Å². The first-order valence-corrected chi connectivity index (χ1v) is 11.1. The highest BCUT2D eigenvalue weighted by Crippen LogP contribution is 2.34.